The summed E-state index contributed by atoms with van der Waals surface area (Å²) in [4.78, 5) is 42.1. The molecule has 0 saturated heterocycles. The predicted octanol–water partition coefficient (Wildman–Crippen LogP) is 11.8. The molecular formula is C55H40F2N8O3. The predicted molar refractivity (Wildman–Crippen MR) is 256 cm³/mol. The van der Waals surface area contributed by atoms with E-state index in [2.05, 4.69) is 29.9 Å². The van der Waals surface area contributed by atoms with Crippen molar-refractivity contribution < 1.29 is 23.0 Å². The van der Waals surface area contributed by atoms with E-state index < -0.39 is 11.8 Å². The largest absolute Gasteiger partial charge is 0.437 e. The van der Waals surface area contributed by atoms with Crippen LogP contribution in [0.25, 0.3) is 34.5 Å². The fourth-order valence-electron chi connectivity index (χ4n) is 7.87. The number of hydrogen-bond donors (Lipinski definition) is 0. The topological polar surface area (TPSA) is 123 Å². The van der Waals surface area contributed by atoms with Crippen LogP contribution in [0, 0.1) is 11.6 Å². The van der Waals surface area contributed by atoms with Crippen molar-refractivity contribution in [3.63, 3.8) is 0 Å². The fraction of sp³-hybridized carbons (Fsp3) is 0.0727. The van der Waals surface area contributed by atoms with Gasteiger partial charge in [-0.3, -0.25) is 4.79 Å². The van der Waals surface area contributed by atoms with E-state index in [1.54, 1.807) is 73.3 Å². The van der Waals surface area contributed by atoms with E-state index in [-0.39, 0.29) is 17.4 Å². The molecule has 10 rings (SSSR count). The lowest BCUT2D eigenvalue weighted by Gasteiger charge is -2.20. The van der Waals surface area contributed by atoms with Gasteiger partial charge in [0.05, 0.1) is 37.6 Å². The molecule has 0 bridgehead atoms. The first-order chi connectivity index (χ1) is 33.4. The first-order valence-corrected chi connectivity index (χ1v) is 21.8. The normalized spacial score (nSPS) is 12.5. The Morgan fingerprint density at radius 2 is 0.882 bits per heavy atom. The lowest BCUT2D eigenvalue weighted by Crippen LogP contribution is -2.18. The number of rotatable bonds is 16. The van der Waals surface area contributed by atoms with E-state index in [9.17, 15) is 8.78 Å². The molecule has 0 aliphatic heterocycles. The van der Waals surface area contributed by atoms with Crippen LogP contribution in [0.15, 0.2) is 195 Å². The maximum absolute atomic E-state index is 15.2. The lowest BCUT2D eigenvalue weighted by atomic mass is 9.82. The molecule has 0 fully saturated rings. The highest BCUT2D eigenvalue weighted by molar-refractivity contribution is 5.96. The molecule has 4 aromatic heterocycles. The highest BCUT2D eigenvalue weighted by atomic mass is 19.1. The van der Waals surface area contributed by atoms with Crippen LogP contribution in [0.1, 0.15) is 45.2 Å². The summed E-state index contributed by atoms with van der Waals surface area (Å²) in [6, 6.07) is 46.6. The van der Waals surface area contributed by atoms with Gasteiger partial charge in [-0.05, 0) is 81.9 Å². The number of carbonyl (C=O) groups excluding carboxylic acids is 1. The summed E-state index contributed by atoms with van der Waals surface area (Å²) in [5.74, 6) is -0.923. The molecule has 0 aliphatic rings. The fourth-order valence-corrected chi connectivity index (χ4v) is 7.87. The van der Waals surface area contributed by atoms with Crippen LogP contribution in [0.4, 0.5) is 8.78 Å². The quantitative estimate of drug-likeness (QED) is 0.0932. The number of ketones is 1. The standard InChI is InChI=1S/C55H40F2N8O3/c56-43-21-11-37(12-22-43)15-29-47(41-17-25-45(26-18-41)67-54-49-52(58-33-60-54)64(35-62-49)31-39-7-3-1-4-8-39)51(66)48(30-16-38-13-23-44(57)24-14-38)42-19-27-46(28-20-42)68-55-50-53(59-34-61-55)65(36-63-50)32-40-9-5-2-6-10-40/h1-30,33-36,47-48H,31-32H2/b29-15+,30-16+. The summed E-state index contributed by atoms with van der Waals surface area (Å²) in [6.45, 7) is 1.16. The molecule has 4 heterocycles. The number of Topliss-reactive ketones (excluding diaryl/α,β-unsaturated/α-hetero) is 1. The van der Waals surface area contributed by atoms with Gasteiger partial charge < -0.3 is 18.6 Å². The second-order valence-corrected chi connectivity index (χ2v) is 15.9. The zero-order chi connectivity index (χ0) is 46.2. The van der Waals surface area contributed by atoms with Crippen LogP contribution in [0.2, 0.25) is 0 Å². The number of carbonyl (C=O) groups is 1. The van der Waals surface area contributed by atoms with Crippen molar-refractivity contribution in [1.29, 1.82) is 0 Å². The van der Waals surface area contributed by atoms with Crippen LogP contribution in [0.5, 0.6) is 23.3 Å². The molecule has 332 valence electrons. The molecule has 0 amide bonds. The second kappa shape index (κ2) is 19.6. The Bertz CT molecular complexity index is 3150. The number of nitrogens with zero attached hydrogens (tertiary/aromatic N) is 8. The van der Waals surface area contributed by atoms with Gasteiger partial charge in [-0.2, -0.15) is 9.97 Å². The van der Waals surface area contributed by atoms with Crippen LogP contribution in [-0.4, -0.2) is 44.8 Å². The van der Waals surface area contributed by atoms with Crippen LogP contribution in [0.3, 0.4) is 0 Å². The van der Waals surface area contributed by atoms with Gasteiger partial charge in [0.1, 0.15) is 35.8 Å². The van der Waals surface area contributed by atoms with Gasteiger partial charge >= 0.3 is 0 Å². The highest BCUT2D eigenvalue weighted by Crippen LogP contribution is 2.35. The molecule has 6 aromatic carbocycles. The summed E-state index contributed by atoms with van der Waals surface area (Å²) in [7, 11) is 0. The maximum Gasteiger partial charge on any atom is 0.250 e. The molecule has 0 N–H and O–H groups in total. The maximum atomic E-state index is 15.2. The minimum absolute atomic E-state index is 0.160. The SMILES string of the molecule is O=C(C(/C=C/c1ccc(F)cc1)c1ccc(Oc2ncnc3c2ncn3Cc2ccccc2)cc1)C(/C=C/c1ccc(F)cc1)c1ccc(Oc2ncnc3c2ncn3Cc2ccccc2)cc1. The Balaban J connectivity index is 0.945. The first kappa shape index (κ1) is 43.0. The van der Waals surface area contributed by atoms with Gasteiger partial charge in [-0.1, -0.05) is 133 Å². The van der Waals surface area contributed by atoms with Crippen molar-refractivity contribution in [3.05, 3.63) is 240 Å². The van der Waals surface area contributed by atoms with E-state index in [0.717, 1.165) is 11.1 Å². The van der Waals surface area contributed by atoms with E-state index >= 15 is 4.79 Å². The van der Waals surface area contributed by atoms with Crippen molar-refractivity contribution in [1.82, 2.24) is 39.0 Å². The third-order valence-corrected chi connectivity index (χ3v) is 11.3. The van der Waals surface area contributed by atoms with Gasteiger partial charge in [0, 0.05) is 0 Å². The first-order valence-electron chi connectivity index (χ1n) is 21.8. The van der Waals surface area contributed by atoms with Crippen molar-refractivity contribution in [2.75, 3.05) is 0 Å². The van der Waals surface area contributed by atoms with Crippen molar-refractivity contribution in [3.8, 4) is 23.3 Å². The van der Waals surface area contributed by atoms with Gasteiger partial charge in [0.2, 0.25) is 0 Å². The average Bonchev–Trinajstić information content (AvgIpc) is 3.99. The van der Waals surface area contributed by atoms with Gasteiger partial charge in [-0.25, -0.2) is 28.7 Å². The molecule has 2 atom stereocenters. The second-order valence-electron chi connectivity index (χ2n) is 15.9. The van der Waals surface area contributed by atoms with Gasteiger partial charge in [0.25, 0.3) is 11.8 Å². The van der Waals surface area contributed by atoms with Crippen molar-refractivity contribution in [2.45, 2.75) is 24.9 Å². The molecule has 10 aromatic rings. The minimum atomic E-state index is -0.785. The zero-order valence-electron chi connectivity index (χ0n) is 36.3. The number of fused-ring (bicyclic) bond motifs is 2. The van der Waals surface area contributed by atoms with E-state index in [0.29, 0.717) is 80.9 Å². The third-order valence-electron chi connectivity index (χ3n) is 11.3. The smallest absolute Gasteiger partial charge is 0.250 e. The highest BCUT2D eigenvalue weighted by Gasteiger charge is 2.27. The monoisotopic (exact) mass is 898 g/mol. The molecule has 13 heteroatoms. The lowest BCUT2D eigenvalue weighted by molar-refractivity contribution is -0.120. The minimum Gasteiger partial charge on any atom is -0.437 e. The number of allylic oxidation sites excluding steroid dienone is 2. The molecule has 0 radical (unpaired) electrons. The van der Waals surface area contributed by atoms with Crippen LogP contribution >= 0.6 is 0 Å². The van der Waals surface area contributed by atoms with E-state index in [4.69, 9.17) is 9.47 Å². The zero-order valence-corrected chi connectivity index (χ0v) is 36.3. The number of aromatic nitrogens is 8. The Morgan fingerprint density at radius 3 is 1.28 bits per heavy atom. The van der Waals surface area contributed by atoms with E-state index in [1.165, 1.54) is 36.9 Å². The van der Waals surface area contributed by atoms with Crippen LogP contribution in [-0.2, 0) is 17.9 Å². The van der Waals surface area contributed by atoms with Gasteiger partial charge in [0.15, 0.2) is 28.1 Å². The van der Waals surface area contributed by atoms with Crippen molar-refractivity contribution in [2.24, 2.45) is 0 Å². The molecule has 0 saturated carbocycles. The Morgan fingerprint density at radius 1 is 0.485 bits per heavy atom. The molecule has 11 nitrogen and oxygen atoms in total. The Hall–Kier alpha value is -8.97. The average molecular weight is 899 g/mol. The molecule has 68 heavy (non-hydrogen) atoms. The third kappa shape index (κ3) is 9.82. The molecule has 2 unspecified atom stereocenters. The molecular weight excluding hydrogens is 859 g/mol. The van der Waals surface area contributed by atoms with Crippen LogP contribution < -0.4 is 9.47 Å². The summed E-state index contributed by atoms with van der Waals surface area (Å²) in [5, 5.41) is 0. The number of halogens is 2. The Kier molecular flexibility index (Phi) is 12.4. The van der Waals surface area contributed by atoms with E-state index in [1.807, 2.05) is 106 Å². The number of imidazole rings is 2. The number of hydrogen-bond acceptors (Lipinski definition) is 9. The summed E-state index contributed by atoms with van der Waals surface area (Å²) in [6.07, 6.45) is 13.5. The molecule has 0 aliphatic carbocycles. The van der Waals surface area contributed by atoms with Gasteiger partial charge in [-0.15, -0.1) is 0 Å². The molecule has 0 spiro atoms. The number of ether oxygens (including phenoxy) is 2. The summed E-state index contributed by atoms with van der Waals surface area (Å²) < 4.78 is 44.3. The van der Waals surface area contributed by atoms with Crippen molar-refractivity contribution >= 4 is 40.3 Å². The summed E-state index contributed by atoms with van der Waals surface area (Å²) in [5.41, 5.74) is 7.27. The number of benzene rings is 6. The Labute approximate surface area is 389 Å². The summed E-state index contributed by atoms with van der Waals surface area (Å²) >= 11 is 0.